The summed E-state index contributed by atoms with van der Waals surface area (Å²) in [6.45, 7) is 1.99. The highest BCUT2D eigenvalue weighted by Gasteiger charge is 2.02. The van der Waals surface area contributed by atoms with Crippen molar-refractivity contribution in [1.29, 1.82) is 0 Å². The number of aryl methyl sites for hydroxylation is 1. The third-order valence-electron chi connectivity index (χ3n) is 2.26. The van der Waals surface area contributed by atoms with E-state index in [0.29, 0.717) is 0 Å². The van der Waals surface area contributed by atoms with Crippen LogP contribution in [0, 0.1) is 6.92 Å². The van der Waals surface area contributed by atoms with Crippen LogP contribution in [0.1, 0.15) is 22.6 Å². The Morgan fingerprint density at radius 3 is 2.40 bits per heavy atom. The van der Waals surface area contributed by atoms with Crippen molar-refractivity contribution in [2.75, 3.05) is 0 Å². The molecule has 1 aromatic carbocycles. The minimum Gasteiger partial charge on any atom is -0.392 e. The maximum Gasteiger partial charge on any atom is 0.141 e. The lowest BCUT2D eigenvalue weighted by Gasteiger charge is -1.99. The van der Waals surface area contributed by atoms with Gasteiger partial charge in [-0.05, 0) is 18.1 Å². The molecule has 0 aliphatic rings. The van der Waals surface area contributed by atoms with Gasteiger partial charge in [0.25, 0.3) is 0 Å². The summed E-state index contributed by atoms with van der Waals surface area (Å²) < 4.78 is 5.13. The zero-order chi connectivity index (χ0) is 10.7. The van der Waals surface area contributed by atoms with Crippen LogP contribution in [0.5, 0.6) is 0 Å². The molecule has 2 rings (SSSR count). The number of rotatable bonds is 3. The van der Waals surface area contributed by atoms with Crippen LogP contribution in [-0.2, 0) is 13.0 Å². The van der Waals surface area contributed by atoms with Crippen LogP contribution in [0.2, 0.25) is 0 Å². The van der Waals surface area contributed by atoms with Gasteiger partial charge in [0, 0.05) is 12.5 Å². The first-order valence-electron chi connectivity index (χ1n) is 4.89. The molecule has 0 aliphatic carbocycles. The molecule has 2 aromatic rings. The molecular formula is C12H13NO2. The summed E-state index contributed by atoms with van der Waals surface area (Å²) in [4.78, 5) is 0. The molecule has 0 fully saturated rings. The number of nitrogens with zero attached hydrogens (tertiary/aromatic N) is 1. The average molecular weight is 203 g/mol. The molecule has 3 nitrogen and oxygen atoms in total. The van der Waals surface area contributed by atoms with Crippen molar-refractivity contribution in [1.82, 2.24) is 5.16 Å². The van der Waals surface area contributed by atoms with Crippen molar-refractivity contribution in [3.8, 4) is 0 Å². The van der Waals surface area contributed by atoms with Gasteiger partial charge in [0.2, 0.25) is 0 Å². The lowest BCUT2D eigenvalue weighted by Crippen LogP contribution is -1.87. The Balaban J connectivity index is 2.11. The second-order valence-corrected chi connectivity index (χ2v) is 3.59. The zero-order valence-electron chi connectivity index (χ0n) is 8.60. The monoisotopic (exact) mass is 203 g/mol. The highest BCUT2D eigenvalue weighted by Crippen LogP contribution is 2.11. The SMILES string of the molecule is Cc1cc(Cc2ccc(CO)cc2)on1. The van der Waals surface area contributed by atoms with Crippen LogP contribution in [0.15, 0.2) is 34.9 Å². The van der Waals surface area contributed by atoms with E-state index in [4.69, 9.17) is 9.63 Å². The van der Waals surface area contributed by atoms with Gasteiger partial charge in [-0.2, -0.15) is 0 Å². The summed E-state index contributed by atoms with van der Waals surface area (Å²) in [5, 5.41) is 12.7. The van der Waals surface area contributed by atoms with Crippen LogP contribution in [0.4, 0.5) is 0 Å². The van der Waals surface area contributed by atoms with Gasteiger partial charge in [-0.15, -0.1) is 0 Å². The predicted octanol–water partition coefficient (Wildman–Crippen LogP) is 2.07. The van der Waals surface area contributed by atoms with Gasteiger partial charge in [-0.25, -0.2) is 0 Å². The summed E-state index contributed by atoms with van der Waals surface area (Å²) in [6, 6.07) is 9.74. The molecule has 0 amide bonds. The Hall–Kier alpha value is -1.61. The van der Waals surface area contributed by atoms with Gasteiger partial charge in [0.05, 0.1) is 12.3 Å². The van der Waals surface area contributed by atoms with E-state index < -0.39 is 0 Å². The molecule has 0 atom stereocenters. The largest absolute Gasteiger partial charge is 0.392 e. The molecule has 0 radical (unpaired) electrons. The highest BCUT2D eigenvalue weighted by atomic mass is 16.5. The number of aliphatic hydroxyl groups excluding tert-OH is 1. The van der Waals surface area contributed by atoms with Crippen LogP contribution in [0.3, 0.4) is 0 Å². The van der Waals surface area contributed by atoms with E-state index in [2.05, 4.69) is 5.16 Å². The fourth-order valence-corrected chi connectivity index (χ4v) is 1.46. The van der Waals surface area contributed by atoms with E-state index in [1.807, 2.05) is 37.3 Å². The lowest BCUT2D eigenvalue weighted by atomic mass is 10.1. The topological polar surface area (TPSA) is 46.3 Å². The molecule has 0 spiro atoms. The van der Waals surface area contributed by atoms with E-state index in [0.717, 1.165) is 29.0 Å². The van der Waals surface area contributed by atoms with Gasteiger partial charge < -0.3 is 9.63 Å². The van der Waals surface area contributed by atoms with Gasteiger partial charge in [0.15, 0.2) is 0 Å². The maximum absolute atomic E-state index is 8.89. The van der Waals surface area contributed by atoms with Crippen molar-refractivity contribution in [3.63, 3.8) is 0 Å². The molecule has 15 heavy (non-hydrogen) atoms. The molecule has 3 heteroatoms. The first-order chi connectivity index (χ1) is 7.28. The van der Waals surface area contributed by atoms with E-state index >= 15 is 0 Å². The van der Waals surface area contributed by atoms with Gasteiger partial charge in [-0.3, -0.25) is 0 Å². The van der Waals surface area contributed by atoms with Crippen molar-refractivity contribution >= 4 is 0 Å². The first-order valence-corrected chi connectivity index (χ1v) is 4.89. The van der Waals surface area contributed by atoms with Gasteiger partial charge in [-0.1, -0.05) is 29.4 Å². The van der Waals surface area contributed by atoms with E-state index in [1.54, 1.807) is 0 Å². The van der Waals surface area contributed by atoms with Crippen molar-refractivity contribution < 1.29 is 9.63 Å². The first kappa shape index (κ1) is 9.93. The third kappa shape index (κ3) is 2.44. The van der Waals surface area contributed by atoms with Crippen LogP contribution in [-0.4, -0.2) is 10.3 Å². The summed E-state index contributed by atoms with van der Waals surface area (Å²) in [6.07, 6.45) is 0.743. The Morgan fingerprint density at radius 2 is 1.87 bits per heavy atom. The molecule has 1 N–H and O–H groups in total. The molecule has 1 heterocycles. The molecular weight excluding hydrogens is 190 g/mol. The Kier molecular flexibility index (Phi) is 2.83. The second kappa shape index (κ2) is 4.28. The fraction of sp³-hybridized carbons (Fsp3) is 0.250. The minimum atomic E-state index is 0.0850. The fourth-order valence-electron chi connectivity index (χ4n) is 1.46. The second-order valence-electron chi connectivity index (χ2n) is 3.59. The Labute approximate surface area is 88.3 Å². The zero-order valence-corrected chi connectivity index (χ0v) is 8.60. The van der Waals surface area contributed by atoms with Crippen molar-refractivity contribution in [2.24, 2.45) is 0 Å². The quantitative estimate of drug-likeness (QED) is 0.830. The summed E-state index contributed by atoms with van der Waals surface area (Å²) in [7, 11) is 0. The normalized spacial score (nSPS) is 10.5. The number of hydrogen-bond donors (Lipinski definition) is 1. The van der Waals surface area contributed by atoms with Gasteiger partial charge in [0.1, 0.15) is 5.76 Å². The Bertz CT molecular complexity index is 431. The Morgan fingerprint density at radius 1 is 1.20 bits per heavy atom. The lowest BCUT2D eigenvalue weighted by molar-refractivity contribution is 0.282. The molecule has 0 aliphatic heterocycles. The summed E-state index contributed by atoms with van der Waals surface area (Å²) in [5.41, 5.74) is 2.98. The standard InChI is InChI=1S/C12H13NO2/c1-9-6-12(15-13-9)7-10-2-4-11(8-14)5-3-10/h2-6,14H,7-8H2,1H3. The smallest absolute Gasteiger partial charge is 0.141 e. The molecule has 0 bridgehead atoms. The van der Waals surface area contributed by atoms with Crippen LogP contribution >= 0.6 is 0 Å². The van der Waals surface area contributed by atoms with Crippen LogP contribution in [0.25, 0.3) is 0 Å². The molecule has 0 unspecified atom stereocenters. The number of aromatic nitrogens is 1. The molecule has 78 valence electrons. The van der Waals surface area contributed by atoms with E-state index in [9.17, 15) is 0 Å². The minimum absolute atomic E-state index is 0.0850. The number of aliphatic hydroxyl groups is 1. The number of benzene rings is 1. The van der Waals surface area contributed by atoms with Crippen LogP contribution < -0.4 is 0 Å². The van der Waals surface area contributed by atoms with Crippen molar-refractivity contribution in [3.05, 3.63) is 52.9 Å². The molecule has 1 aromatic heterocycles. The maximum atomic E-state index is 8.89. The van der Waals surface area contributed by atoms with Crippen molar-refractivity contribution in [2.45, 2.75) is 20.0 Å². The van der Waals surface area contributed by atoms with Gasteiger partial charge >= 0.3 is 0 Å². The molecule has 0 saturated carbocycles. The van der Waals surface area contributed by atoms with E-state index in [-0.39, 0.29) is 6.61 Å². The predicted molar refractivity (Wildman–Crippen MR) is 56.4 cm³/mol. The third-order valence-corrected chi connectivity index (χ3v) is 2.26. The van der Waals surface area contributed by atoms with E-state index in [1.165, 1.54) is 0 Å². The molecule has 0 saturated heterocycles. The summed E-state index contributed by atoms with van der Waals surface area (Å²) in [5.74, 6) is 0.865. The highest BCUT2D eigenvalue weighted by molar-refractivity contribution is 5.25. The summed E-state index contributed by atoms with van der Waals surface area (Å²) >= 11 is 0. The number of hydrogen-bond acceptors (Lipinski definition) is 3. The average Bonchev–Trinajstić information content (AvgIpc) is 2.65.